The zero-order valence-electron chi connectivity index (χ0n) is 11.3. The molecule has 12 heteroatoms. The van der Waals surface area contributed by atoms with E-state index in [-0.39, 0.29) is 23.1 Å². The summed E-state index contributed by atoms with van der Waals surface area (Å²) in [4.78, 5) is 44.2. The van der Waals surface area contributed by atoms with Crippen LogP contribution in [0.4, 0.5) is 13.2 Å². The van der Waals surface area contributed by atoms with Crippen LogP contribution < -0.4 is 16.4 Å². The summed E-state index contributed by atoms with van der Waals surface area (Å²) in [6.07, 6.45) is -5.45. The number of hydrogen-bond acceptors (Lipinski definition) is 4. The Morgan fingerprint density at radius 2 is 1.74 bits per heavy atom. The highest BCUT2D eigenvalue weighted by atomic mass is 31.2. The quantitative estimate of drug-likeness (QED) is 0.400. The SMILES string of the molecule is O=c1[nH]c2cc(C(F)(F)F)cc(CNCP(=O)(O)O)c2[nH]c1=O. The second kappa shape index (κ2) is 5.93. The Hall–Kier alpha value is -1.94. The minimum atomic E-state index is -4.70. The van der Waals surface area contributed by atoms with E-state index < -0.39 is 36.7 Å². The van der Waals surface area contributed by atoms with Gasteiger partial charge in [-0.1, -0.05) is 0 Å². The highest BCUT2D eigenvalue weighted by Gasteiger charge is 2.31. The molecule has 2 rings (SSSR count). The number of aromatic amines is 2. The van der Waals surface area contributed by atoms with Gasteiger partial charge in [-0.15, -0.1) is 0 Å². The first-order valence-electron chi connectivity index (χ1n) is 6.09. The van der Waals surface area contributed by atoms with Crippen LogP contribution in [0.15, 0.2) is 21.7 Å². The van der Waals surface area contributed by atoms with Crippen molar-refractivity contribution in [3.05, 3.63) is 44.0 Å². The summed E-state index contributed by atoms with van der Waals surface area (Å²) in [5.41, 5.74) is -3.59. The Bertz CT molecular complexity index is 898. The molecule has 0 saturated carbocycles. The van der Waals surface area contributed by atoms with Crippen LogP contribution in [-0.2, 0) is 17.3 Å². The molecule has 23 heavy (non-hydrogen) atoms. The smallest absolute Gasteiger partial charge is 0.324 e. The van der Waals surface area contributed by atoms with E-state index in [2.05, 4.69) is 10.3 Å². The summed E-state index contributed by atoms with van der Waals surface area (Å²) < 4.78 is 49.4. The van der Waals surface area contributed by atoms with Crippen LogP contribution in [0.5, 0.6) is 0 Å². The Labute approximate surface area is 125 Å². The third-order valence-corrected chi connectivity index (χ3v) is 3.51. The normalized spacial score (nSPS) is 12.7. The lowest BCUT2D eigenvalue weighted by Gasteiger charge is -2.13. The molecule has 5 N–H and O–H groups in total. The van der Waals surface area contributed by atoms with Crippen molar-refractivity contribution in [2.24, 2.45) is 0 Å². The van der Waals surface area contributed by atoms with Gasteiger partial charge < -0.3 is 25.1 Å². The van der Waals surface area contributed by atoms with Gasteiger partial charge in [0.1, 0.15) is 0 Å². The molecule has 2 aromatic rings. The maximum absolute atomic E-state index is 12.9. The molecule has 0 radical (unpaired) electrons. The first-order chi connectivity index (χ1) is 10.5. The number of fused-ring (bicyclic) bond motifs is 1. The summed E-state index contributed by atoms with van der Waals surface area (Å²) >= 11 is 0. The van der Waals surface area contributed by atoms with Crippen LogP contribution >= 0.6 is 7.60 Å². The Morgan fingerprint density at radius 1 is 1.13 bits per heavy atom. The first-order valence-corrected chi connectivity index (χ1v) is 7.89. The minimum Gasteiger partial charge on any atom is -0.324 e. The van der Waals surface area contributed by atoms with Crippen molar-refractivity contribution in [1.29, 1.82) is 0 Å². The molecule has 0 atom stereocenters. The second-order valence-electron chi connectivity index (χ2n) is 4.71. The molecule has 126 valence electrons. The predicted octanol–water partition coefficient (Wildman–Crippen LogP) is 0.460. The van der Waals surface area contributed by atoms with E-state index in [1.165, 1.54) is 0 Å². The van der Waals surface area contributed by atoms with Gasteiger partial charge in [0.2, 0.25) is 0 Å². The zero-order valence-corrected chi connectivity index (χ0v) is 12.2. The maximum atomic E-state index is 12.9. The number of halogens is 3. The number of H-pyrrole nitrogens is 2. The van der Waals surface area contributed by atoms with Crippen molar-refractivity contribution in [2.75, 3.05) is 6.29 Å². The molecule has 0 fully saturated rings. The predicted molar refractivity (Wildman–Crippen MR) is 73.9 cm³/mol. The number of benzene rings is 1. The fourth-order valence-corrected chi connectivity index (χ4v) is 2.34. The third kappa shape index (κ3) is 4.29. The van der Waals surface area contributed by atoms with Gasteiger partial charge in [-0.05, 0) is 17.7 Å². The Kier molecular flexibility index (Phi) is 4.49. The number of alkyl halides is 3. The lowest BCUT2D eigenvalue weighted by molar-refractivity contribution is -0.137. The molecule has 0 aliphatic heterocycles. The van der Waals surface area contributed by atoms with Gasteiger partial charge in [0.15, 0.2) is 0 Å². The summed E-state index contributed by atoms with van der Waals surface area (Å²) in [6, 6.07) is 1.39. The van der Waals surface area contributed by atoms with E-state index in [1.54, 1.807) is 0 Å². The van der Waals surface area contributed by atoms with Crippen molar-refractivity contribution in [2.45, 2.75) is 12.7 Å². The number of aromatic nitrogens is 2. The maximum Gasteiger partial charge on any atom is 0.416 e. The van der Waals surface area contributed by atoms with Gasteiger partial charge >= 0.3 is 24.9 Å². The molecular weight excluding hydrogens is 342 g/mol. The molecule has 0 aliphatic carbocycles. The number of nitrogens with one attached hydrogen (secondary N) is 3. The van der Waals surface area contributed by atoms with E-state index in [1.807, 2.05) is 4.98 Å². The van der Waals surface area contributed by atoms with Gasteiger partial charge in [0.25, 0.3) is 0 Å². The third-order valence-electron chi connectivity index (χ3n) is 2.87. The molecule has 0 saturated heterocycles. The van der Waals surface area contributed by atoms with Crippen molar-refractivity contribution in [3.8, 4) is 0 Å². The molecule has 0 spiro atoms. The molecule has 0 aliphatic rings. The second-order valence-corrected chi connectivity index (χ2v) is 6.36. The topological polar surface area (TPSA) is 135 Å². The van der Waals surface area contributed by atoms with E-state index in [9.17, 15) is 27.3 Å². The van der Waals surface area contributed by atoms with Crippen LogP contribution in [0, 0.1) is 0 Å². The lowest BCUT2D eigenvalue weighted by Crippen LogP contribution is -2.30. The molecule has 1 aromatic heterocycles. The van der Waals surface area contributed by atoms with Crippen molar-refractivity contribution >= 4 is 18.6 Å². The summed E-state index contributed by atoms with van der Waals surface area (Å²) in [5.74, 6) is 0. The fraction of sp³-hybridized carbons (Fsp3) is 0.273. The van der Waals surface area contributed by atoms with E-state index in [0.29, 0.717) is 6.07 Å². The largest absolute Gasteiger partial charge is 0.416 e. The zero-order chi connectivity index (χ0) is 17.4. The molecule has 0 bridgehead atoms. The first kappa shape index (κ1) is 17.4. The average molecular weight is 353 g/mol. The summed E-state index contributed by atoms with van der Waals surface area (Å²) in [5, 5.41) is 2.30. The van der Waals surface area contributed by atoms with E-state index >= 15 is 0 Å². The Balaban J connectivity index is 2.55. The molecule has 1 heterocycles. The van der Waals surface area contributed by atoms with Gasteiger partial charge in [0.05, 0.1) is 22.9 Å². The average Bonchev–Trinajstić information content (AvgIpc) is 2.37. The standard InChI is InChI=1S/C11H11F3N3O5P/c12-11(13,14)6-1-5(3-15-4-23(20,21)22)8-7(2-6)16-9(18)10(19)17-8/h1-2,15H,3-4H2,(H,16,18)(H,17,19)(H2,20,21,22). The van der Waals surface area contributed by atoms with Crippen molar-refractivity contribution in [3.63, 3.8) is 0 Å². The minimum absolute atomic E-state index is 0.0548. The molecule has 0 unspecified atom stereocenters. The fourth-order valence-electron chi connectivity index (χ4n) is 1.94. The highest BCUT2D eigenvalue weighted by Crippen LogP contribution is 2.33. The summed E-state index contributed by atoms with van der Waals surface area (Å²) in [7, 11) is -4.39. The van der Waals surface area contributed by atoms with Gasteiger partial charge in [-0.2, -0.15) is 13.2 Å². The lowest BCUT2D eigenvalue weighted by atomic mass is 10.1. The van der Waals surface area contributed by atoms with Gasteiger partial charge in [-0.3, -0.25) is 14.2 Å². The molecular formula is C11H11F3N3O5P. The van der Waals surface area contributed by atoms with Crippen LogP contribution in [0.2, 0.25) is 0 Å². The van der Waals surface area contributed by atoms with Crippen molar-refractivity contribution in [1.82, 2.24) is 15.3 Å². The van der Waals surface area contributed by atoms with Crippen LogP contribution in [0.3, 0.4) is 0 Å². The Morgan fingerprint density at radius 3 is 2.30 bits per heavy atom. The van der Waals surface area contributed by atoms with Crippen LogP contribution in [-0.4, -0.2) is 26.0 Å². The monoisotopic (exact) mass is 353 g/mol. The van der Waals surface area contributed by atoms with Gasteiger partial charge in [0, 0.05) is 6.54 Å². The summed E-state index contributed by atoms with van der Waals surface area (Å²) in [6.45, 7) is -0.354. The molecule has 8 nitrogen and oxygen atoms in total. The van der Waals surface area contributed by atoms with Gasteiger partial charge in [-0.25, -0.2) is 0 Å². The van der Waals surface area contributed by atoms with Crippen LogP contribution in [0.1, 0.15) is 11.1 Å². The highest BCUT2D eigenvalue weighted by molar-refractivity contribution is 7.51. The number of rotatable bonds is 4. The molecule has 1 aromatic carbocycles. The van der Waals surface area contributed by atoms with Crippen LogP contribution in [0.25, 0.3) is 11.0 Å². The van der Waals surface area contributed by atoms with Crippen molar-refractivity contribution < 1.29 is 27.5 Å². The number of hydrogen-bond donors (Lipinski definition) is 5. The van der Waals surface area contributed by atoms with E-state index in [4.69, 9.17) is 9.79 Å². The van der Waals surface area contributed by atoms with E-state index in [0.717, 1.165) is 6.07 Å². The molecule has 0 amide bonds.